The summed E-state index contributed by atoms with van der Waals surface area (Å²) in [7, 11) is -3.75. The van der Waals surface area contributed by atoms with Crippen molar-refractivity contribution in [1.29, 1.82) is 0 Å². The number of hydrogen-bond acceptors (Lipinski definition) is 4. The Kier molecular flexibility index (Phi) is 5.88. The number of nitrogens with zero attached hydrogens (tertiary/aromatic N) is 2. The van der Waals surface area contributed by atoms with Crippen LogP contribution in [0.4, 0.5) is 8.78 Å². The maximum Gasteiger partial charge on any atom is 0.387 e. The molecule has 9 heteroatoms. The summed E-state index contributed by atoms with van der Waals surface area (Å²) in [5.74, 6) is -0.674. The summed E-state index contributed by atoms with van der Waals surface area (Å²) in [4.78, 5) is 14.5. The highest BCUT2D eigenvalue weighted by Gasteiger charge is 2.32. The third kappa shape index (κ3) is 4.24. The monoisotopic (exact) mass is 446 g/mol. The molecule has 0 saturated carbocycles. The third-order valence-corrected chi connectivity index (χ3v) is 7.18. The number of hydrogen-bond donors (Lipinski definition) is 0. The molecule has 1 amide bonds. The normalized spacial score (nSPS) is 15.4. The molecule has 0 N–H and O–H groups in total. The van der Waals surface area contributed by atoms with Crippen LogP contribution in [0.15, 0.2) is 71.6 Å². The molecule has 1 heterocycles. The first-order chi connectivity index (χ1) is 14.9. The largest absolute Gasteiger partial charge is 0.434 e. The zero-order valence-corrected chi connectivity index (χ0v) is 17.3. The van der Waals surface area contributed by atoms with E-state index < -0.39 is 22.5 Å². The number of sulfonamides is 1. The van der Waals surface area contributed by atoms with Crippen LogP contribution in [-0.4, -0.2) is 56.3 Å². The molecule has 0 spiro atoms. The average Bonchev–Trinajstić information content (AvgIpc) is 2.78. The minimum atomic E-state index is -3.75. The molecule has 1 fully saturated rings. The summed E-state index contributed by atoms with van der Waals surface area (Å²) in [6.45, 7) is -2.54. The molecule has 0 radical (unpaired) electrons. The minimum absolute atomic E-state index is 0.0214. The predicted molar refractivity (Wildman–Crippen MR) is 112 cm³/mol. The van der Waals surface area contributed by atoms with E-state index in [-0.39, 0.29) is 42.4 Å². The highest BCUT2D eigenvalue weighted by Crippen LogP contribution is 2.27. The van der Waals surface area contributed by atoms with Crippen molar-refractivity contribution in [2.45, 2.75) is 11.5 Å². The van der Waals surface area contributed by atoms with Gasteiger partial charge in [0.2, 0.25) is 10.0 Å². The third-order valence-electron chi connectivity index (χ3n) is 5.23. The van der Waals surface area contributed by atoms with E-state index in [2.05, 4.69) is 4.74 Å². The molecule has 0 bridgehead atoms. The molecule has 6 nitrogen and oxygen atoms in total. The summed E-state index contributed by atoms with van der Waals surface area (Å²) in [5, 5.41) is 1.47. The van der Waals surface area contributed by atoms with E-state index in [0.717, 1.165) is 5.39 Å². The fourth-order valence-electron chi connectivity index (χ4n) is 3.70. The van der Waals surface area contributed by atoms with Crippen LogP contribution in [0.25, 0.3) is 10.8 Å². The van der Waals surface area contributed by atoms with Gasteiger partial charge in [0.05, 0.1) is 10.5 Å². The number of para-hydroxylation sites is 1. The summed E-state index contributed by atoms with van der Waals surface area (Å²) < 4.78 is 57.6. The van der Waals surface area contributed by atoms with Crippen LogP contribution in [0.1, 0.15) is 10.4 Å². The van der Waals surface area contributed by atoms with Crippen LogP contribution in [0.2, 0.25) is 0 Å². The van der Waals surface area contributed by atoms with E-state index >= 15 is 0 Å². The number of amides is 1. The van der Waals surface area contributed by atoms with Gasteiger partial charge in [0.15, 0.2) is 0 Å². The Morgan fingerprint density at radius 1 is 0.871 bits per heavy atom. The molecule has 3 aromatic carbocycles. The van der Waals surface area contributed by atoms with Gasteiger partial charge >= 0.3 is 6.61 Å². The summed E-state index contributed by atoms with van der Waals surface area (Å²) in [5.41, 5.74) is 0.0214. The molecule has 1 saturated heterocycles. The number of carbonyl (C=O) groups is 1. The smallest absolute Gasteiger partial charge is 0.387 e. The van der Waals surface area contributed by atoms with E-state index in [9.17, 15) is 22.0 Å². The molecule has 162 valence electrons. The molecular formula is C22H20F2N2O4S. The number of benzene rings is 3. The van der Waals surface area contributed by atoms with E-state index in [4.69, 9.17) is 0 Å². The van der Waals surface area contributed by atoms with Crippen LogP contribution < -0.4 is 4.74 Å². The molecule has 0 aromatic heterocycles. The zero-order valence-electron chi connectivity index (χ0n) is 16.4. The fraction of sp³-hybridized carbons (Fsp3) is 0.227. The van der Waals surface area contributed by atoms with Crippen molar-refractivity contribution in [1.82, 2.24) is 9.21 Å². The topological polar surface area (TPSA) is 66.9 Å². The highest BCUT2D eigenvalue weighted by atomic mass is 32.2. The maximum absolute atomic E-state index is 13.2. The summed E-state index contributed by atoms with van der Waals surface area (Å²) >= 11 is 0. The standard InChI is InChI=1S/C22H20F2N2O4S/c23-22(24)30-19-10-4-3-9-18(19)21(27)25-12-14-26(15-13-25)31(28,29)20-11-5-7-16-6-1-2-8-17(16)20/h1-11,22H,12-15H2. The van der Waals surface area contributed by atoms with Crippen molar-refractivity contribution in [3.63, 3.8) is 0 Å². The van der Waals surface area contributed by atoms with Crippen molar-refractivity contribution in [2.24, 2.45) is 0 Å². The van der Waals surface area contributed by atoms with Gasteiger partial charge in [-0.2, -0.15) is 13.1 Å². The lowest BCUT2D eigenvalue weighted by Crippen LogP contribution is -2.50. The van der Waals surface area contributed by atoms with Crippen molar-refractivity contribution in [3.8, 4) is 5.75 Å². The maximum atomic E-state index is 13.2. The first kappa shape index (κ1) is 21.2. The Bertz CT molecular complexity index is 1200. The lowest BCUT2D eigenvalue weighted by Gasteiger charge is -2.34. The summed E-state index contributed by atoms with van der Waals surface area (Å²) in [6, 6.07) is 18.2. The van der Waals surface area contributed by atoms with E-state index in [1.807, 2.05) is 18.2 Å². The van der Waals surface area contributed by atoms with Gasteiger partial charge in [-0.05, 0) is 23.6 Å². The van der Waals surface area contributed by atoms with Gasteiger partial charge in [-0.3, -0.25) is 4.79 Å². The van der Waals surface area contributed by atoms with Crippen molar-refractivity contribution in [3.05, 3.63) is 72.3 Å². The Morgan fingerprint density at radius 2 is 1.52 bits per heavy atom. The number of ether oxygens (including phenoxy) is 1. The number of rotatable bonds is 5. The van der Waals surface area contributed by atoms with Crippen molar-refractivity contribution >= 4 is 26.7 Å². The van der Waals surface area contributed by atoms with Crippen molar-refractivity contribution < 1.29 is 26.7 Å². The molecular weight excluding hydrogens is 426 g/mol. The Balaban J connectivity index is 1.52. The molecule has 3 aromatic rings. The van der Waals surface area contributed by atoms with Gasteiger partial charge in [-0.1, -0.05) is 48.5 Å². The number of fused-ring (bicyclic) bond motifs is 1. The van der Waals surface area contributed by atoms with Gasteiger partial charge in [-0.25, -0.2) is 8.42 Å². The van der Waals surface area contributed by atoms with Gasteiger partial charge < -0.3 is 9.64 Å². The van der Waals surface area contributed by atoms with Gasteiger partial charge in [-0.15, -0.1) is 0 Å². The average molecular weight is 446 g/mol. The number of carbonyl (C=O) groups excluding carboxylic acids is 1. The van der Waals surface area contributed by atoms with Crippen LogP contribution in [0.5, 0.6) is 5.75 Å². The predicted octanol–water partition coefficient (Wildman–Crippen LogP) is 3.59. The van der Waals surface area contributed by atoms with Gasteiger partial charge in [0.1, 0.15) is 5.75 Å². The van der Waals surface area contributed by atoms with E-state index in [1.54, 1.807) is 30.3 Å². The molecule has 4 rings (SSSR count). The van der Waals surface area contributed by atoms with Crippen LogP contribution in [0.3, 0.4) is 0 Å². The summed E-state index contributed by atoms with van der Waals surface area (Å²) in [6.07, 6.45) is 0. The lowest BCUT2D eigenvalue weighted by molar-refractivity contribution is -0.0503. The number of halogens is 2. The molecule has 0 aliphatic carbocycles. The zero-order chi connectivity index (χ0) is 22.0. The quantitative estimate of drug-likeness (QED) is 0.601. The number of alkyl halides is 2. The molecule has 0 atom stereocenters. The lowest BCUT2D eigenvalue weighted by atomic mass is 10.1. The van der Waals surface area contributed by atoms with Crippen LogP contribution in [0, 0.1) is 0 Å². The molecule has 0 unspecified atom stereocenters. The Morgan fingerprint density at radius 3 is 2.26 bits per heavy atom. The second-order valence-corrected chi connectivity index (χ2v) is 8.95. The molecule has 31 heavy (non-hydrogen) atoms. The SMILES string of the molecule is O=C(c1ccccc1OC(F)F)N1CCN(S(=O)(=O)c2cccc3ccccc23)CC1. The van der Waals surface area contributed by atoms with Crippen molar-refractivity contribution in [2.75, 3.05) is 26.2 Å². The number of piperazine rings is 1. The van der Waals surface area contributed by atoms with Gasteiger partial charge in [0, 0.05) is 31.6 Å². The van der Waals surface area contributed by atoms with E-state index in [0.29, 0.717) is 5.39 Å². The van der Waals surface area contributed by atoms with Crippen LogP contribution in [-0.2, 0) is 10.0 Å². The first-order valence-electron chi connectivity index (χ1n) is 9.69. The Hall–Kier alpha value is -3.04. The first-order valence-corrected chi connectivity index (χ1v) is 11.1. The van der Waals surface area contributed by atoms with Crippen LogP contribution >= 0.6 is 0 Å². The highest BCUT2D eigenvalue weighted by molar-refractivity contribution is 7.89. The molecule has 1 aliphatic heterocycles. The minimum Gasteiger partial charge on any atom is -0.434 e. The van der Waals surface area contributed by atoms with E-state index in [1.165, 1.54) is 27.4 Å². The van der Waals surface area contributed by atoms with Gasteiger partial charge in [0.25, 0.3) is 5.91 Å². The Labute approximate surface area is 178 Å². The second kappa shape index (κ2) is 8.60. The molecule has 1 aliphatic rings. The fourth-order valence-corrected chi connectivity index (χ4v) is 5.34. The second-order valence-electron chi connectivity index (χ2n) is 7.05.